The summed E-state index contributed by atoms with van der Waals surface area (Å²) in [5.74, 6) is -1.65. The molecule has 0 unspecified atom stereocenters. The van der Waals surface area contributed by atoms with Crippen LogP contribution in [0.3, 0.4) is 0 Å². The van der Waals surface area contributed by atoms with Crippen LogP contribution in [0.2, 0.25) is 10.0 Å². The van der Waals surface area contributed by atoms with Gasteiger partial charge in [-0.2, -0.15) is 0 Å². The van der Waals surface area contributed by atoms with Gasteiger partial charge in [0.05, 0.1) is 27.9 Å². The number of halogens is 4. The van der Waals surface area contributed by atoms with Gasteiger partial charge >= 0.3 is 5.97 Å². The van der Waals surface area contributed by atoms with Crippen molar-refractivity contribution in [3.8, 4) is 0 Å². The molecular weight excluding hydrogens is 448 g/mol. The van der Waals surface area contributed by atoms with E-state index in [0.29, 0.717) is 0 Å². The summed E-state index contributed by atoms with van der Waals surface area (Å²) in [7, 11) is -3.19. The van der Waals surface area contributed by atoms with E-state index >= 15 is 0 Å². The van der Waals surface area contributed by atoms with Crippen LogP contribution in [-0.2, 0) is 14.8 Å². The molecule has 0 atom stereocenters. The van der Waals surface area contributed by atoms with Gasteiger partial charge in [0.25, 0.3) is 10.0 Å². The number of hydrogen-bond donors (Lipinski definition) is 1. The van der Waals surface area contributed by atoms with Crippen LogP contribution >= 0.6 is 39.1 Å². The van der Waals surface area contributed by atoms with Crippen molar-refractivity contribution < 1.29 is 22.3 Å². The second-order valence-electron chi connectivity index (χ2n) is 4.46. The average molecular weight is 457 g/mol. The molecule has 128 valence electrons. The molecule has 1 N–H and O–H groups in total. The molecule has 24 heavy (non-hydrogen) atoms. The second kappa shape index (κ2) is 7.26. The van der Waals surface area contributed by atoms with Gasteiger partial charge in [0.2, 0.25) is 0 Å². The monoisotopic (exact) mass is 455 g/mol. The van der Waals surface area contributed by atoms with Crippen LogP contribution < -0.4 is 4.72 Å². The molecule has 0 heterocycles. The van der Waals surface area contributed by atoms with Gasteiger partial charge in [-0.25, -0.2) is 17.6 Å². The molecule has 2 aromatic rings. The number of anilines is 1. The number of carbonyl (C=O) groups excluding carboxylic acids is 1. The van der Waals surface area contributed by atoms with Crippen molar-refractivity contribution in [2.75, 3.05) is 11.8 Å². The first-order valence-corrected chi connectivity index (χ1v) is 9.24. The highest BCUT2D eigenvalue weighted by molar-refractivity contribution is 9.10. The third-order valence-corrected chi connectivity index (χ3v) is 5.63. The second-order valence-corrected chi connectivity index (χ2v) is 7.78. The predicted octanol–water partition coefficient (Wildman–Crippen LogP) is 4.48. The van der Waals surface area contributed by atoms with Crippen LogP contribution in [0.4, 0.5) is 10.1 Å². The maximum Gasteiger partial charge on any atom is 0.339 e. The molecule has 0 aromatic heterocycles. The fourth-order valence-electron chi connectivity index (χ4n) is 1.80. The minimum atomic E-state index is -4.31. The van der Waals surface area contributed by atoms with E-state index < -0.39 is 26.7 Å². The number of rotatable bonds is 4. The first-order valence-electron chi connectivity index (χ1n) is 6.21. The van der Waals surface area contributed by atoms with Gasteiger partial charge in [0.1, 0.15) is 4.90 Å². The number of esters is 1. The van der Waals surface area contributed by atoms with E-state index in [9.17, 15) is 17.6 Å². The molecule has 0 spiro atoms. The van der Waals surface area contributed by atoms with E-state index in [1.54, 1.807) is 0 Å². The quantitative estimate of drug-likeness (QED) is 0.688. The zero-order valence-electron chi connectivity index (χ0n) is 11.9. The van der Waals surface area contributed by atoms with Crippen LogP contribution in [0.25, 0.3) is 0 Å². The van der Waals surface area contributed by atoms with Gasteiger partial charge < -0.3 is 4.74 Å². The van der Waals surface area contributed by atoms with Crippen LogP contribution in [0.1, 0.15) is 10.4 Å². The van der Waals surface area contributed by atoms with Gasteiger partial charge in [-0.1, -0.05) is 29.3 Å². The Morgan fingerprint density at radius 3 is 2.58 bits per heavy atom. The van der Waals surface area contributed by atoms with E-state index in [0.717, 1.165) is 13.2 Å². The Bertz CT molecular complexity index is 921. The molecule has 0 bridgehead atoms. The lowest BCUT2D eigenvalue weighted by Gasteiger charge is -2.13. The van der Waals surface area contributed by atoms with Gasteiger partial charge in [-0.15, -0.1) is 0 Å². The Morgan fingerprint density at radius 1 is 1.29 bits per heavy atom. The smallest absolute Gasteiger partial charge is 0.339 e. The molecule has 0 aliphatic rings. The molecular formula is C14H9BrCl2FNO4S. The van der Waals surface area contributed by atoms with Gasteiger partial charge in [-0.3, -0.25) is 4.72 Å². The maximum absolute atomic E-state index is 14.0. The molecule has 0 aliphatic heterocycles. The van der Waals surface area contributed by atoms with E-state index in [1.807, 2.05) is 0 Å². The minimum absolute atomic E-state index is 0.0464. The Labute approximate surface area is 155 Å². The maximum atomic E-state index is 14.0. The zero-order chi connectivity index (χ0) is 18.1. The summed E-state index contributed by atoms with van der Waals surface area (Å²) in [6.07, 6.45) is 0. The van der Waals surface area contributed by atoms with Crippen LogP contribution in [0, 0.1) is 5.82 Å². The van der Waals surface area contributed by atoms with E-state index in [1.165, 1.54) is 24.3 Å². The number of methoxy groups -OCH3 is 1. The van der Waals surface area contributed by atoms with Gasteiger partial charge in [-0.05, 0) is 40.2 Å². The molecule has 5 nitrogen and oxygen atoms in total. The Balaban J connectivity index is 2.56. The molecule has 2 aromatic carbocycles. The zero-order valence-corrected chi connectivity index (χ0v) is 15.9. The van der Waals surface area contributed by atoms with Crippen LogP contribution in [0.15, 0.2) is 39.7 Å². The van der Waals surface area contributed by atoms with Crippen molar-refractivity contribution in [1.82, 2.24) is 0 Å². The van der Waals surface area contributed by atoms with Gasteiger partial charge in [0, 0.05) is 5.02 Å². The number of benzene rings is 2. The normalized spacial score (nSPS) is 11.2. The first-order chi connectivity index (χ1) is 11.2. The lowest BCUT2D eigenvalue weighted by Crippen LogP contribution is -2.16. The number of sulfonamides is 1. The van der Waals surface area contributed by atoms with Crippen molar-refractivity contribution >= 4 is 60.8 Å². The lowest BCUT2D eigenvalue weighted by atomic mass is 10.2. The molecule has 0 radical (unpaired) electrons. The summed E-state index contributed by atoms with van der Waals surface area (Å²) in [4.78, 5) is 11.2. The van der Waals surface area contributed by atoms with Crippen molar-refractivity contribution in [3.05, 3.63) is 56.2 Å². The third kappa shape index (κ3) is 3.83. The van der Waals surface area contributed by atoms with Crippen LogP contribution in [-0.4, -0.2) is 21.5 Å². The highest BCUT2D eigenvalue weighted by Gasteiger charge is 2.25. The summed E-state index contributed by atoms with van der Waals surface area (Å²) < 4.78 is 45.7. The summed E-state index contributed by atoms with van der Waals surface area (Å²) in [6, 6.07) is 6.32. The lowest BCUT2D eigenvalue weighted by molar-refractivity contribution is 0.0600. The average Bonchev–Trinajstić information content (AvgIpc) is 2.52. The Morgan fingerprint density at radius 2 is 1.96 bits per heavy atom. The van der Waals surface area contributed by atoms with Crippen molar-refractivity contribution in [2.24, 2.45) is 0 Å². The Hall–Kier alpha value is -1.35. The summed E-state index contributed by atoms with van der Waals surface area (Å²) in [6.45, 7) is 0. The highest BCUT2D eigenvalue weighted by atomic mass is 79.9. The number of nitrogens with one attached hydrogen (secondary N) is 1. The molecule has 2 rings (SSSR count). The minimum Gasteiger partial charge on any atom is -0.465 e. The highest BCUT2D eigenvalue weighted by Crippen LogP contribution is 2.32. The summed E-state index contributed by atoms with van der Waals surface area (Å²) in [5, 5.41) is -0.427. The largest absolute Gasteiger partial charge is 0.465 e. The summed E-state index contributed by atoms with van der Waals surface area (Å²) in [5.41, 5.74) is -0.512. The summed E-state index contributed by atoms with van der Waals surface area (Å²) >= 11 is 14.8. The van der Waals surface area contributed by atoms with Crippen molar-refractivity contribution in [2.45, 2.75) is 4.90 Å². The third-order valence-electron chi connectivity index (χ3n) is 2.89. The predicted molar refractivity (Wildman–Crippen MR) is 92.7 cm³/mol. The van der Waals surface area contributed by atoms with Crippen molar-refractivity contribution in [3.63, 3.8) is 0 Å². The number of carbonyl (C=O) groups is 1. The van der Waals surface area contributed by atoms with E-state index in [4.69, 9.17) is 23.2 Å². The fourth-order valence-corrected chi connectivity index (χ4v) is 4.13. The molecule has 0 saturated carbocycles. The number of hydrogen-bond acceptors (Lipinski definition) is 4. The van der Waals surface area contributed by atoms with Crippen LogP contribution in [0.5, 0.6) is 0 Å². The fraction of sp³-hybridized carbons (Fsp3) is 0.0714. The Kier molecular flexibility index (Phi) is 5.74. The molecule has 0 saturated heterocycles. The number of ether oxygens (including phenoxy) is 1. The molecule has 10 heteroatoms. The standard InChI is InChI=1S/C14H9BrCl2FNO4S/c1-23-14(20)8-5-7(16)6-11(12(8)17)24(21,22)19-10-4-2-3-9(15)13(10)18/h2-6,19H,1H3. The van der Waals surface area contributed by atoms with Crippen molar-refractivity contribution in [1.29, 1.82) is 0 Å². The van der Waals surface area contributed by atoms with E-state index in [-0.39, 0.29) is 25.8 Å². The molecule has 0 fully saturated rings. The SMILES string of the molecule is COC(=O)c1cc(Cl)cc(S(=O)(=O)Nc2cccc(Br)c2F)c1Cl. The van der Waals surface area contributed by atoms with E-state index in [2.05, 4.69) is 25.4 Å². The first kappa shape index (κ1) is 19.0. The molecule has 0 amide bonds. The molecule has 0 aliphatic carbocycles. The topological polar surface area (TPSA) is 72.5 Å². The van der Waals surface area contributed by atoms with Gasteiger partial charge in [0.15, 0.2) is 5.82 Å².